The number of ether oxygens (including phenoxy) is 1. The minimum Gasteiger partial charge on any atom is -0.446 e. The minimum absolute atomic E-state index is 0.366. The third-order valence-corrected chi connectivity index (χ3v) is 3.07. The zero-order valence-electron chi connectivity index (χ0n) is 13.0. The Morgan fingerprint density at radius 3 is 2.60 bits per heavy atom. The number of unbranched alkanes of at least 4 members (excludes halogenated alkanes) is 1. The first-order valence-corrected chi connectivity index (χ1v) is 10.4. The molecule has 108 valence electrons. The van der Waals surface area contributed by atoms with Gasteiger partial charge in [-0.15, -0.1) is 5.54 Å². The molecule has 3 heteroatoms. The van der Waals surface area contributed by atoms with Crippen LogP contribution in [0.25, 0.3) is 0 Å². The van der Waals surface area contributed by atoms with Crippen molar-refractivity contribution >= 4 is 14.0 Å². The van der Waals surface area contributed by atoms with Gasteiger partial charge in [0, 0.05) is 6.08 Å². The quantitative estimate of drug-likeness (QED) is 0.333. The highest BCUT2D eigenvalue weighted by Gasteiger charge is 2.09. The first-order valence-electron chi connectivity index (χ1n) is 6.91. The Morgan fingerprint density at radius 2 is 2.05 bits per heavy atom. The molecular formula is C17H24O2Si. The van der Waals surface area contributed by atoms with E-state index in [1.165, 1.54) is 12.2 Å². The SMILES string of the molecule is C=CC#CC(CCCC)OC(=O)/C=C\C#C[Si](C)(C)C. The van der Waals surface area contributed by atoms with E-state index in [1.54, 1.807) is 6.08 Å². The summed E-state index contributed by atoms with van der Waals surface area (Å²) in [5, 5.41) is 0. The molecule has 20 heavy (non-hydrogen) atoms. The van der Waals surface area contributed by atoms with Gasteiger partial charge in [0.2, 0.25) is 0 Å². The molecule has 0 heterocycles. The summed E-state index contributed by atoms with van der Waals surface area (Å²) in [6, 6.07) is 0. The summed E-state index contributed by atoms with van der Waals surface area (Å²) in [7, 11) is -1.39. The van der Waals surface area contributed by atoms with Crippen LogP contribution in [0.1, 0.15) is 26.2 Å². The lowest BCUT2D eigenvalue weighted by molar-refractivity contribution is -0.140. The fraction of sp³-hybridized carbons (Fsp3) is 0.471. The Balaban J connectivity index is 4.47. The van der Waals surface area contributed by atoms with Gasteiger partial charge in [-0.05, 0) is 25.0 Å². The van der Waals surface area contributed by atoms with Crippen LogP contribution in [-0.4, -0.2) is 20.1 Å². The van der Waals surface area contributed by atoms with Crippen LogP contribution in [0.5, 0.6) is 0 Å². The molecule has 0 aliphatic heterocycles. The van der Waals surface area contributed by atoms with E-state index in [0.717, 1.165) is 19.3 Å². The topological polar surface area (TPSA) is 26.3 Å². The smallest absolute Gasteiger partial charge is 0.332 e. The molecule has 0 N–H and O–H groups in total. The Bertz CT molecular complexity index is 461. The molecule has 0 saturated carbocycles. The average molecular weight is 288 g/mol. The molecule has 0 rings (SSSR count). The highest BCUT2D eigenvalue weighted by atomic mass is 28.3. The lowest BCUT2D eigenvalue weighted by atomic mass is 10.1. The lowest BCUT2D eigenvalue weighted by Gasteiger charge is -2.09. The average Bonchev–Trinajstić information content (AvgIpc) is 2.36. The monoisotopic (exact) mass is 288 g/mol. The summed E-state index contributed by atoms with van der Waals surface area (Å²) >= 11 is 0. The summed E-state index contributed by atoms with van der Waals surface area (Å²) in [5.74, 6) is 8.12. The largest absolute Gasteiger partial charge is 0.446 e. The second kappa shape index (κ2) is 10.1. The second-order valence-corrected chi connectivity index (χ2v) is 10.2. The maximum absolute atomic E-state index is 11.6. The number of rotatable bonds is 5. The molecule has 0 aromatic rings. The number of carbonyl (C=O) groups is 1. The van der Waals surface area contributed by atoms with Crippen molar-refractivity contribution in [2.45, 2.75) is 51.9 Å². The van der Waals surface area contributed by atoms with E-state index < -0.39 is 14.0 Å². The van der Waals surface area contributed by atoms with Gasteiger partial charge >= 0.3 is 5.97 Å². The summed E-state index contributed by atoms with van der Waals surface area (Å²) in [4.78, 5) is 11.6. The molecule has 0 saturated heterocycles. The molecule has 0 fully saturated rings. The predicted octanol–water partition coefficient (Wildman–Crippen LogP) is 3.71. The molecule has 2 nitrogen and oxygen atoms in total. The van der Waals surface area contributed by atoms with Crippen LogP contribution in [0.3, 0.4) is 0 Å². The number of hydrogen-bond acceptors (Lipinski definition) is 2. The summed E-state index contributed by atoms with van der Waals surface area (Å²) in [6.45, 7) is 12.1. The zero-order chi connectivity index (χ0) is 15.4. The lowest BCUT2D eigenvalue weighted by Crippen LogP contribution is -2.16. The van der Waals surface area contributed by atoms with E-state index in [2.05, 4.69) is 56.4 Å². The summed E-state index contributed by atoms with van der Waals surface area (Å²) < 4.78 is 5.28. The third-order valence-electron chi connectivity index (χ3n) is 2.17. The number of carbonyl (C=O) groups excluding carboxylic acids is 1. The van der Waals surface area contributed by atoms with Crippen molar-refractivity contribution in [3.05, 3.63) is 24.8 Å². The van der Waals surface area contributed by atoms with Gasteiger partial charge in [-0.3, -0.25) is 0 Å². The Labute approximate surface area is 124 Å². The zero-order valence-corrected chi connectivity index (χ0v) is 14.0. The van der Waals surface area contributed by atoms with Gasteiger partial charge in [-0.25, -0.2) is 4.79 Å². The Kier molecular flexibility index (Phi) is 9.25. The standard InChI is InChI=1S/C17H24O2Si/c1-6-8-12-16(13-9-7-2)19-17(18)14-10-11-15-20(3,4)5/h6,10,14,16H,1,7,9,13H2,2-5H3/b14-10-. The Morgan fingerprint density at radius 1 is 1.35 bits per heavy atom. The number of allylic oxidation sites excluding steroid dienone is 2. The van der Waals surface area contributed by atoms with E-state index in [9.17, 15) is 4.79 Å². The molecule has 0 spiro atoms. The molecule has 0 amide bonds. The highest BCUT2D eigenvalue weighted by Crippen LogP contribution is 2.05. The van der Waals surface area contributed by atoms with Crippen molar-refractivity contribution in [2.75, 3.05) is 0 Å². The second-order valence-electron chi connectivity index (χ2n) is 5.41. The van der Waals surface area contributed by atoms with E-state index >= 15 is 0 Å². The maximum Gasteiger partial charge on any atom is 0.332 e. The predicted molar refractivity (Wildman–Crippen MR) is 87.6 cm³/mol. The number of esters is 1. The van der Waals surface area contributed by atoms with Gasteiger partial charge in [0.25, 0.3) is 0 Å². The molecule has 0 aliphatic rings. The Hall–Kier alpha value is -1.71. The highest BCUT2D eigenvalue weighted by molar-refractivity contribution is 6.83. The third kappa shape index (κ3) is 11.4. The van der Waals surface area contributed by atoms with Crippen molar-refractivity contribution < 1.29 is 9.53 Å². The van der Waals surface area contributed by atoms with Crippen LogP contribution in [0.4, 0.5) is 0 Å². The minimum atomic E-state index is -1.39. The van der Waals surface area contributed by atoms with Gasteiger partial charge < -0.3 is 4.74 Å². The number of hydrogen-bond donors (Lipinski definition) is 0. The van der Waals surface area contributed by atoms with Crippen LogP contribution in [-0.2, 0) is 9.53 Å². The van der Waals surface area contributed by atoms with Crippen LogP contribution in [0.15, 0.2) is 24.8 Å². The molecule has 1 atom stereocenters. The van der Waals surface area contributed by atoms with E-state index in [4.69, 9.17) is 4.74 Å². The van der Waals surface area contributed by atoms with Crippen molar-refractivity contribution in [2.24, 2.45) is 0 Å². The fourth-order valence-corrected chi connectivity index (χ4v) is 1.77. The molecule has 0 aliphatic carbocycles. The first kappa shape index (κ1) is 18.3. The molecule has 0 aromatic carbocycles. The van der Waals surface area contributed by atoms with Gasteiger partial charge in [0.1, 0.15) is 8.07 Å². The summed E-state index contributed by atoms with van der Waals surface area (Å²) in [5.41, 5.74) is 3.15. The summed E-state index contributed by atoms with van der Waals surface area (Å²) in [6.07, 6.45) is 6.82. The van der Waals surface area contributed by atoms with Crippen molar-refractivity contribution in [3.8, 4) is 23.3 Å². The van der Waals surface area contributed by atoms with E-state index in [1.807, 2.05) is 0 Å². The van der Waals surface area contributed by atoms with Crippen LogP contribution >= 0.6 is 0 Å². The van der Waals surface area contributed by atoms with Crippen molar-refractivity contribution in [1.29, 1.82) is 0 Å². The van der Waals surface area contributed by atoms with E-state index in [-0.39, 0.29) is 6.10 Å². The van der Waals surface area contributed by atoms with Gasteiger partial charge in [0.05, 0.1) is 0 Å². The first-order chi connectivity index (χ1) is 9.39. The maximum atomic E-state index is 11.6. The van der Waals surface area contributed by atoms with Crippen LogP contribution in [0.2, 0.25) is 19.6 Å². The van der Waals surface area contributed by atoms with Crippen LogP contribution in [0, 0.1) is 23.3 Å². The van der Waals surface area contributed by atoms with Gasteiger partial charge in [-0.1, -0.05) is 57.3 Å². The van der Waals surface area contributed by atoms with Crippen molar-refractivity contribution in [3.63, 3.8) is 0 Å². The molecule has 0 bridgehead atoms. The normalized spacial score (nSPS) is 11.8. The van der Waals surface area contributed by atoms with Gasteiger partial charge in [-0.2, -0.15) is 0 Å². The molecule has 0 radical (unpaired) electrons. The van der Waals surface area contributed by atoms with Crippen molar-refractivity contribution in [1.82, 2.24) is 0 Å². The fourth-order valence-electron chi connectivity index (χ4n) is 1.25. The molecule has 0 aromatic heterocycles. The molecule has 1 unspecified atom stereocenters. The van der Waals surface area contributed by atoms with Gasteiger partial charge in [0.15, 0.2) is 6.10 Å². The van der Waals surface area contributed by atoms with Crippen LogP contribution < -0.4 is 0 Å². The van der Waals surface area contributed by atoms with E-state index in [0.29, 0.717) is 0 Å². The molecular weight excluding hydrogens is 264 g/mol.